The highest BCUT2D eigenvalue weighted by molar-refractivity contribution is 7.89. The van der Waals surface area contributed by atoms with Crippen molar-refractivity contribution in [3.8, 4) is 0 Å². The van der Waals surface area contributed by atoms with Crippen LogP contribution in [0.1, 0.15) is 12.5 Å². The van der Waals surface area contributed by atoms with Gasteiger partial charge in [0.05, 0.1) is 16.5 Å². The fourth-order valence-electron chi connectivity index (χ4n) is 1.68. The van der Waals surface area contributed by atoms with Gasteiger partial charge in [-0.1, -0.05) is 18.5 Å². The van der Waals surface area contributed by atoms with Crippen LogP contribution in [0, 0.1) is 5.82 Å². The van der Waals surface area contributed by atoms with E-state index in [9.17, 15) is 12.8 Å². The fraction of sp³-hybridized carbons (Fsp3) is 0.538. The molecule has 0 saturated heterocycles. The second kappa shape index (κ2) is 8.05. The fourth-order valence-corrected chi connectivity index (χ4v) is 3.07. The summed E-state index contributed by atoms with van der Waals surface area (Å²) in [6, 6.07) is 2.34. The number of halogens is 2. The van der Waals surface area contributed by atoms with Gasteiger partial charge >= 0.3 is 0 Å². The minimum Gasteiger partial charge on any atom is -0.383 e. The summed E-state index contributed by atoms with van der Waals surface area (Å²) < 4.78 is 44.6. The van der Waals surface area contributed by atoms with Crippen molar-refractivity contribution < 1.29 is 17.5 Å². The molecule has 0 bridgehead atoms. The van der Waals surface area contributed by atoms with Gasteiger partial charge in [-0.3, -0.25) is 0 Å². The first kappa shape index (κ1) is 18.3. The Morgan fingerprint density at radius 1 is 1.43 bits per heavy atom. The average Bonchev–Trinajstić information content (AvgIpc) is 2.45. The molecule has 0 aliphatic heterocycles. The zero-order valence-corrected chi connectivity index (χ0v) is 13.9. The van der Waals surface area contributed by atoms with Crippen molar-refractivity contribution in [1.29, 1.82) is 0 Å². The lowest BCUT2D eigenvalue weighted by Crippen LogP contribution is -2.30. The molecule has 1 aromatic carbocycles. The molecule has 0 aliphatic rings. The molecule has 0 heterocycles. The Hall–Kier alpha value is -0.730. The number of nitrogens with zero attached hydrogens (tertiary/aromatic N) is 1. The van der Waals surface area contributed by atoms with Crippen molar-refractivity contribution in [3.05, 3.63) is 28.5 Å². The SMILES string of the molecule is CCNCc1cc(S(=O)(=O)N(C)CCOC)cc(F)c1Cl. The Labute approximate surface area is 130 Å². The molecule has 0 amide bonds. The third kappa shape index (κ3) is 4.62. The van der Waals surface area contributed by atoms with Crippen molar-refractivity contribution in [3.63, 3.8) is 0 Å². The van der Waals surface area contributed by atoms with Crippen molar-refractivity contribution in [1.82, 2.24) is 9.62 Å². The van der Waals surface area contributed by atoms with Gasteiger partial charge in [0.1, 0.15) is 5.82 Å². The van der Waals surface area contributed by atoms with Gasteiger partial charge in [0.25, 0.3) is 0 Å². The summed E-state index contributed by atoms with van der Waals surface area (Å²) in [6.45, 7) is 3.31. The molecule has 0 spiro atoms. The van der Waals surface area contributed by atoms with Gasteiger partial charge in [-0.25, -0.2) is 12.8 Å². The van der Waals surface area contributed by atoms with Crippen LogP contribution < -0.4 is 5.32 Å². The Morgan fingerprint density at radius 2 is 2.10 bits per heavy atom. The highest BCUT2D eigenvalue weighted by Crippen LogP contribution is 2.25. The van der Waals surface area contributed by atoms with Crippen LogP contribution in [0.2, 0.25) is 5.02 Å². The molecule has 120 valence electrons. The number of rotatable bonds is 8. The van der Waals surface area contributed by atoms with Gasteiger partial charge in [-0.15, -0.1) is 0 Å². The number of methoxy groups -OCH3 is 1. The molecule has 0 atom stereocenters. The quantitative estimate of drug-likeness (QED) is 0.786. The van der Waals surface area contributed by atoms with Crippen LogP contribution in [-0.4, -0.2) is 46.6 Å². The molecule has 1 aromatic rings. The van der Waals surface area contributed by atoms with Crippen LogP contribution in [0.25, 0.3) is 0 Å². The number of likely N-dealkylation sites (N-methyl/N-ethyl adjacent to an activating group) is 1. The molecule has 21 heavy (non-hydrogen) atoms. The van der Waals surface area contributed by atoms with E-state index in [1.54, 1.807) is 0 Å². The Morgan fingerprint density at radius 3 is 2.67 bits per heavy atom. The molecular formula is C13H20ClFN2O3S. The molecule has 0 unspecified atom stereocenters. The van der Waals surface area contributed by atoms with E-state index in [4.69, 9.17) is 16.3 Å². The molecule has 1 rings (SSSR count). The predicted octanol–water partition coefficient (Wildman–Crippen LogP) is 1.86. The van der Waals surface area contributed by atoms with Crippen molar-refractivity contribution in [2.45, 2.75) is 18.4 Å². The highest BCUT2D eigenvalue weighted by atomic mass is 35.5. The summed E-state index contributed by atoms with van der Waals surface area (Å²) in [7, 11) is -0.867. The van der Waals surface area contributed by atoms with Gasteiger partial charge in [0.2, 0.25) is 10.0 Å². The van der Waals surface area contributed by atoms with E-state index in [-0.39, 0.29) is 23.1 Å². The number of hydrogen-bond acceptors (Lipinski definition) is 4. The van der Waals surface area contributed by atoms with Crippen LogP contribution in [0.5, 0.6) is 0 Å². The van der Waals surface area contributed by atoms with Crippen LogP contribution >= 0.6 is 11.6 Å². The van der Waals surface area contributed by atoms with Crippen LogP contribution in [0.15, 0.2) is 17.0 Å². The number of sulfonamides is 1. The Bertz CT molecular complexity index is 581. The molecule has 0 aromatic heterocycles. The molecule has 0 fully saturated rings. The van der Waals surface area contributed by atoms with E-state index in [2.05, 4.69) is 5.32 Å². The number of benzene rings is 1. The Balaban J connectivity index is 3.14. The first-order valence-corrected chi connectivity index (χ1v) is 8.30. The monoisotopic (exact) mass is 338 g/mol. The van der Waals surface area contributed by atoms with E-state index in [1.165, 1.54) is 20.2 Å². The van der Waals surface area contributed by atoms with E-state index in [1.807, 2.05) is 6.92 Å². The van der Waals surface area contributed by atoms with Gasteiger partial charge in [0, 0.05) is 27.2 Å². The third-order valence-electron chi connectivity index (χ3n) is 2.96. The maximum atomic E-state index is 13.8. The maximum absolute atomic E-state index is 13.8. The molecular weight excluding hydrogens is 319 g/mol. The second-order valence-electron chi connectivity index (χ2n) is 4.48. The summed E-state index contributed by atoms with van der Waals surface area (Å²) in [5, 5.41) is 2.93. The molecule has 5 nitrogen and oxygen atoms in total. The number of nitrogens with one attached hydrogen (secondary N) is 1. The van der Waals surface area contributed by atoms with Crippen molar-refractivity contribution in [2.75, 3.05) is 33.9 Å². The van der Waals surface area contributed by atoms with Gasteiger partial charge in [-0.05, 0) is 24.2 Å². The molecule has 0 saturated carbocycles. The standard InChI is InChI=1S/C13H20ClFN2O3S/c1-4-16-9-10-7-11(8-12(15)13(10)14)21(18,19)17(2)5-6-20-3/h7-8,16H,4-6,9H2,1-3H3. The summed E-state index contributed by atoms with van der Waals surface area (Å²) in [5.74, 6) is -0.745. The second-order valence-corrected chi connectivity index (χ2v) is 6.90. The lowest BCUT2D eigenvalue weighted by Gasteiger charge is -2.18. The first-order chi connectivity index (χ1) is 9.84. The van der Waals surface area contributed by atoms with Crippen LogP contribution in [0.4, 0.5) is 4.39 Å². The van der Waals surface area contributed by atoms with Gasteiger partial charge < -0.3 is 10.1 Å². The summed E-state index contributed by atoms with van der Waals surface area (Å²) in [4.78, 5) is -0.115. The normalized spacial score (nSPS) is 12.1. The van der Waals surface area contributed by atoms with E-state index >= 15 is 0 Å². The number of ether oxygens (including phenoxy) is 1. The molecule has 0 radical (unpaired) electrons. The topological polar surface area (TPSA) is 58.6 Å². The highest BCUT2D eigenvalue weighted by Gasteiger charge is 2.23. The zero-order valence-electron chi connectivity index (χ0n) is 12.3. The largest absolute Gasteiger partial charge is 0.383 e. The predicted molar refractivity (Wildman–Crippen MR) is 80.5 cm³/mol. The van der Waals surface area contributed by atoms with E-state index in [0.29, 0.717) is 18.7 Å². The summed E-state index contributed by atoms with van der Waals surface area (Å²) >= 11 is 5.87. The van der Waals surface area contributed by atoms with E-state index < -0.39 is 15.8 Å². The Kier molecular flexibility index (Phi) is 7.02. The average molecular weight is 339 g/mol. The minimum absolute atomic E-state index is 0.0607. The van der Waals surface area contributed by atoms with Gasteiger partial charge in [0.15, 0.2) is 0 Å². The van der Waals surface area contributed by atoms with Crippen molar-refractivity contribution in [2.24, 2.45) is 0 Å². The third-order valence-corrected chi connectivity index (χ3v) is 5.22. The first-order valence-electron chi connectivity index (χ1n) is 6.48. The molecule has 8 heteroatoms. The van der Waals surface area contributed by atoms with Crippen LogP contribution in [0.3, 0.4) is 0 Å². The molecule has 1 N–H and O–H groups in total. The lowest BCUT2D eigenvalue weighted by molar-refractivity contribution is 0.185. The smallest absolute Gasteiger partial charge is 0.243 e. The van der Waals surface area contributed by atoms with E-state index in [0.717, 1.165) is 10.4 Å². The van der Waals surface area contributed by atoms with Gasteiger partial charge in [-0.2, -0.15) is 4.31 Å². The number of hydrogen-bond donors (Lipinski definition) is 1. The lowest BCUT2D eigenvalue weighted by atomic mass is 10.2. The molecule has 0 aliphatic carbocycles. The summed E-state index contributed by atoms with van der Waals surface area (Å²) in [6.07, 6.45) is 0. The summed E-state index contributed by atoms with van der Waals surface area (Å²) in [5.41, 5.74) is 0.414. The van der Waals surface area contributed by atoms with Crippen LogP contribution in [-0.2, 0) is 21.3 Å². The van der Waals surface area contributed by atoms with Crippen molar-refractivity contribution >= 4 is 21.6 Å². The zero-order chi connectivity index (χ0) is 16.0. The maximum Gasteiger partial charge on any atom is 0.243 e. The minimum atomic E-state index is -3.77.